The van der Waals surface area contributed by atoms with Crippen LogP contribution in [-0.4, -0.2) is 12.2 Å². The molecule has 142 valence electrons. The molecule has 0 saturated heterocycles. The average Bonchev–Trinajstić information content (AvgIpc) is 3.16. The highest BCUT2D eigenvalue weighted by Gasteiger charge is 2.34. The molecule has 1 fully saturated rings. The van der Waals surface area contributed by atoms with Crippen LogP contribution in [0.1, 0.15) is 67.3 Å². The van der Waals surface area contributed by atoms with Gasteiger partial charge in [-0.25, -0.2) is 0 Å². The van der Waals surface area contributed by atoms with Gasteiger partial charge in [0.25, 0.3) is 0 Å². The van der Waals surface area contributed by atoms with E-state index in [1.165, 1.54) is 5.56 Å². The monoisotopic (exact) mass is 363 g/mol. The molecule has 1 saturated carbocycles. The van der Waals surface area contributed by atoms with E-state index in [9.17, 15) is 9.59 Å². The van der Waals surface area contributed by atoms with Crippen LogP contribution in [0.4, 0.5) is 0 Å². The van der Waals surface area contributed by atoms with Crippen LogP contribution in [0.3, 0.4) is 0 Å². The molecule has 0 spiro atoms. The Morgan fingerprint density at radius 3 is 2.33 bits per heavy atom. The lowest BCUT2D eigenvalue weighted by Crippen LogP contribution is -2.36. The molecule has 0 bridgehead atoms. The van der Waals surface area contributed by atoms with Gasteiger partial charge in [0.2, 0.25) is 5.91 Å². The summed E-state index contributed by atoms with van der Waals surface area (Å²) >= 11 is 0. The van der Waals surface area contributed by atoms with E-state index < -0.39 is 0 Å². The molecule has 3 heteroatoms. The Bertz CT molecular complexity index is 794. The Morgan fingerprint density at radius 2 is 1.70 bits per heavy atom. The van der Waals surface area contributed by atoms with E-state index in [0.29, 0.717) is 5.92 Å². The maximum absolute atomic E-state index is 13.0. The molecular formula is C24H29NO2. The average molecular weight is 364 g/mol. The predicted molar refractivity (Wildman–Crippen MR) is 109 cm³/mol. The molecule has 27 heavy (non-hydrogen) atoms. The van der Waals surface area contributed by atoms with Gasteiger partial charge in [0, 0.05) is 11.8 Å². The molecule has 2 aromatic rings. The van der Waals surface area contributed by atoms with Crippen molar-refractivity contribution in [3.63, 3.8) is 0 Å². The van der Waals surface area contributed by atoms with Gasteiger partial charge in [-0.2, -0.15) is 0 Å². The number of hydrogen-bond acceptors (Lipinski definition) is 2. The van der Waals surface area contributed by atoms with Gasteiger partial charge in [0.05, 0.1) is 6.04 Å². The Labute approximate surface area is 162 Å². The highest BCUT2D eigenvalue weighted by molar-refractivity contribution is 5.83. The minimum atomic E-state index is -0.205. The van der Waals surface area contributed by atoms with E-state index in [0.717, 1.165) is 42.2 Å². The third kappa shape index (κ3) is 4.29. The van der Waals surface area contributed by atoms with Crippen molar-refractivity contribution in [2.75, 3.05) is 0 Å². The Hall–Kier alpha value is -2.42. The minimum absolute atomic E-state index is 0.00853. The number of aldehydes is 1. The Kier molecular flexibility index (Phi) is 6.10. The fourth-order valence-electron chi connectivity index (χ4n) is 4.05. The quantitative estimate of drug-likeness (QED) is 0.739. The molecule has 3 rings (SSSR count). The lowest BCUT2D eigenvalue weighted by Gasteiger charge is -2.25. The minimum Gasteiger partial charge on any atom is -0.345 e. The molecular weight excluding hydrogens is 334 g/mol. The predicted octanol–water partition coefficient (Wildman–Crippen LogP) is 4.94. The van der Waals surface area contributed by atoms with E-state index in [1.54, 1.807) is 0 Å². The van der Waals surface area contributed by atoms with Gasteiger partial charge in [-0.1, -0.05) is 68.8 Å². The molecule has 3 atom stereocenters. The lowest BCUT2D eigenvalue weighted by atomic mass is 9.91. The van der Waals surface area contributed by atoms with Gasteiger partial charge >= 0.3 is 0 Å². The van der Waals surface area contributed by atoms with Crippen molar-refractivity contribution in [3.8, 4) is 0 Å². The van der Waals surface area contributed by atoms with Crippen LogP contribution in [0.25, 0.3) is 0 Å². The second-order valence-corrected chi connectivity index (χ2v) is 7.96. The molecule has 3 nitrogen and oxygen atoms in total. The van der Waals surface area contributed by atoms with E-state index in [4.69, 9.17) is 0 Å². The fourth-order valence-corrected chi connectivity index (χ4v) is 4.05. The number of rotatable bonds is 6. The zero-order valence-corrected chi connectivity index (χ0v) is 16.4. The third-order valence-corrected chi connectivity index (χ3v) is 5.80. The fraction of sp³-hybridized carbons (Fsp3) is 0.417. The summed E-state index contributed by atoms with van der Waals surface area (Å²) < 4.78 is 0. The van der Waals surface area contributed by atoms with Gasteiger partial charge in [-0.05, 0) is 47.9 Å². The first-order chi connectivity index (χ1) is 13.0. The first kappa shape index (κ1) is 19.3. The number of nitrogens with one attached hydrogen (secondary N) is 1. The van der Waals surface area contributed by atoms with E-state index >= 15 is 0 Å². The summed E-state index contributed by atoms with van der Waals surface area (Å²) in [4.78, 5) is 24.3. The zero-order valence-electron chi connectivity index (χ0n) is 16.4. The number of carbonyl (C=O) groups excluding carboxylic acids is 2. The van der Waals surface area contributed by atoms with Gasteiger partial charge in [-0.15, -0.1) is 0 Å². The molecule has 2 aromatic carbocycles. The summed E-state index contributed by atoms with van der Waals surface area (Å²) in [6.07, 6.45) is 3.51. The topological polar surface area (TPSA) is 46.2 Å². The van der Waals surface area contributed by atoms with Crippen molar-refractivity contribution in [1.82, 2.24) is 5.32 Å². The molecule has 1 aliphatic carbocycles. The first-order valence-corrected chi connectivity index (χ1v) is 9.92. The van der Waals surface area contributed by atoms with Crippen LogP contribution in [0.2, 0.25) is 0 Å². The molecule has 0 heterocycles. The van der Waals surface area contributed by atoms with Crippen LogP contribution < -0.4 is 5.32 Å². The summed E-state index contributed by atoms with van der Waals surface area (Å²) in [7, 11) is 0. The van der Waals surface area contributed by atoms with Crippen molar-refractivity contribution >= 4 is 12.2 Å². The molecule has 1 unspecified atom stereocenters. The first-order valence-electron chi connectivity index (χ1n) is 9.92. The largest absolute Gasteiger partial charge is 0.345 e. The maximum atomic E-state index is 13.0. The summed E-state index contributed by atoms with van der Waals surface area (Å²) in [6.45, 7) is 6.42. The van der Waals surface area contributed by atoms with Crippen molar-refractivity contribution in [1.29, 1.82) is 0 Å². The summed E-state index contributed by atoms with van der Waals surface area (Å²) in [6, 6.07) is 16.5. The third-order valence-electron chi connectivity index (χ3n) is 5.80. The van der Waals surface area contributed by atoms with Crippen LogP contribution in [0.15, 0.2) is 48.5 Å². The summed E-state index contributed by atoms with van der Waals surface area (Å²) in [5, 5.41) is 3.25. The van der Waals surface area contributed by atoms with Crippen LogP contribution in [0.5, 0.6) is 0 Å². The molecule has 0 aliphatic heterocycles. The SMILES string of the molecule is Cc1ccccc1[C@H](NC(=O)[C@@H]1CCCC1C=O)c1ccc(C(C)C)cc1. The normalized spacial score (nSPS) is 20.4. The molecule has 0 radical (unpaired) electrons. The maximum Gasteiger partial charge on any atom is 0.224 e. The molecule has 0 aromatic heterocycles. The number of aryl methyl sites for hydroxylation is 1. The van der Waals surface area contributed by atoms with Crippen LogP contribution >= 0.6 is 0 Å². The van der Waals surface area contributed by atoms with Crippen molar-refractivity contribution in [3.05, 3.63) is 70.8 Å². The Morgan fingerprint density at radius 1 is 1.04 bits per heavy atom. The highest BCUT2D eigenvalue weighted by atomic mass is 16.2. The molecule has 1 amide bonds. The van der Waals surface area contributed by atoms with E-state index in [1.807, 2.05) is 12.1 Å². The highest BCUT2D eigenvalue weighted by Crippen LogP contribution is 2.32. The lowest BCUT2D eigenvalue weighted by molar-refractivity contribution is -0.129. The number of hydrogen-bond donors (Lipinski definition) is 1. The van der Waals surface area contributed by atoms with E-state index in [2.05, 4.69) is 62.5 Å². The van der Waals surface area contributed by atoms with Gasteiger partial charge in [0.15, 0.2) is 0 Å². The smallest absolute Gasteiger partial charge is 0.224 e. The zero-order chi connectivity index (χ0) is 19.4. The number of carbonyl (C=O) groups is 2. The van der Waals surface area contributed by atoms with Crippen molar-refractivity contribution in [2.24, 2.45) is 11.8 Å². The van der Waals surface area contributed by atoms with Crippen molar-refractivity contribution < 1.29 is 9.59 Å². The van der Waals surface area contributed by atoms with Crippen molar-refractivity contribution in [2.45, 2.75) is 52.0 Å². The summed E-state index contributed by atoms with van der Waals surface area (Å²) in [5.74, 6) is 0.109. The second-order valence-electron chi connectivity index (χ2n) is 7.96. The Balaban J connectivity index is 1.92. The van der Waals surface area contributed by atoms with Gasteiger partial charge in [0.1, 0.15) is 6.29 Å². The van der Waals surface area contributed by atoms with Crippen LogP contribution in [-0.2, 0) is 9.59 Å². The number of amides is 1. The van der Waals surface area contributed by atoms with Gasteiger partial charge in [-0.3, -0.25) is 4.79 Å². The standard InChI is InChI=1S/C24H29NO2/c1-16(2)18-11-13-19(14-12-18)23(21-9-5-4-7-17(21)3)25-24(27)22-10-6-8-20(22)15-26/h4-5,7,9,11-16,20,22-23H,6,8,10H2,1-3H3,(H,25,27)/t20?,22-,23-/m1/s1. The van der Waals surface area contributed by atoms with E-state index in [-0.39, 0.29) is 23.8 Å². The van der Waals surface area contributed by atoms with Gasteiger partial charge < -0.3 is 10.1 Å². The number of benzene rings is 2. The van der Waals surface area contributed by atoms with Crippen LogP contribution in [0, 0.1) is 18.8 Å². The summed E-state index contributed by atoms with van der Waals surface area (Å²) in [5.41, 5.74) is 4.60. The molecule has 1 aliphatic rings. The molecule has 1 N–H and O–H groups in total. The second kappa shape index (κ2) is 8.51.